The van der Waals surface area contributed by atoms with Crippen molar-refractivity contribution in [3.63, 3.8) is 0 Å². The standard InChI is InChI=1S/C11H22N2O4S/c1-4-11(2,8-14)12-10(15)9-6-5-7-13(9)18(3,16)17/h9,14H,4-8H2,1-3H3,(H,12,15). The van der Waals surface area contributed by atoms with E-state index in [4.69, 9.17) is 0 Å². The van der Waals surface area contributed by atoms with Crippen LogP contribution in [0.2, 0.25) is 0 Å². The van der Waals surface area contributed by atoms with Crippen LogP contribution in [0.25, 0.3) is 0 Å². The summed E-state index contributed by atoms with van der Waals surface area (Å²) in [5, 5.41) is 12.0. The highest BCUT2D eigenvalue weighted by Gasteiger charge is 2.38. The topological polar surface area (TPSA) is 86.7 Å². The average molecular weight is 278 g/mol. The third kappa shape index (κ3) is 3.43. The second-order valence-electron chi connectivity index (χ2n) is 5.09. The van der Waals surface area contributed by atoms with Gasteiger partial charge in [-0.2, -0.15) is 4.31 Å². The molecule has 0 aromatic rings. The first-order valence-corrected chi connectivity index (χ1v) is 7.98. The van der Waals surface area contributed by atoms with E-state index in [1.54, 1.807) is 6.92 Å². The number of aliphatic hydroxyl groups is 1. The van der Waals surface area contributed by atoms with Crippen molar-refractivity contribution in [2.75, 3.05) is 19.4 Å². The van der Waals surface area contributed by atoms with Crippen LogP contribution in [0.5, 0.6) is 0 Å². The van der Waals surface area contributed by atoms with E-state index in [1.807, 2.05) is 6.92 Å². The molecule has 18 heavy (non-hydrogen) atoms. The van der Waals surface area contributed by atoms with Crippen molar-refractivity contribution in [3.05, 3.63) is 0 Å². The number of hydrogen-bond acceptors (Lipinski definition) is 4. The van der Waals surface area contributed by atoms with Gasteiger partial charge in [-0.1, -0.05) is 6.92 Å². The van der Waals surface area contributed by atoms with Gasteiger partial charge < -0.3 is 10.4 Å². The fourth-order valence-corrected chi connectivity index (χ4v) is 3.14. The Balaban J connectivity index is 2.78. The molecule has 1 aliphatic heterocycles. The maximum Gasteiger partial charge on any atom is 0.238 e. The highest BCUT2D eigenvalue weighted by molar-refractivity contribution is 7.88. The van der Waals surface area contributed by atoms with E-state index in [0.717, 1.165) is 6.26 Å². The molecule has 2 N–H and O–H groups in total. The molecule has 0 aromatic heterocycles. The van der Waals surface area contributed by atoms with E-state index in [-0.39, 0.29) is 12.5 Å². The number of sulfonamides is 1. The minimum Gasteiger partial charge on any atom is -0.394 e. The van der Waals surface area contributed by atoms with Gasteiger partial charge in [0.25, 0.3) is 0 Å². The second-order valence-corrected chi connectivity index (χ2v) is 7.03. The zero-order chi connectivity index (χ0) is 14.0. The van der Waals surface area contributed by atoms with Crippen molar-refractivity contribution in [1.29, 1.82) is 0 Å². The number of carbonyl (C=O) groups excluding carboxylic acids is 1. The van der Waals surface area contributed by atoms with Crippen LogP contribution in [0.1, 0.15) is 33.1 Å². The van der Waals surface area contributed by atoms with Crippen molar-refractivity contribution < 1.29 is 18.3 Å². The molecule has 1 saturated heterocycles. The summed E-state index contributed by atoms with van der Waals surface area (Å²) in [6.07, 6.45) is 2.92. The Labute approximate surface area is 108 Å². The summed E-state index contributed by atoms with van der Waals surface area (Å²) in [6, 6.07) is -0.641. The van der Waals surface area contributed by atoms with Gasteiger partial charge in [-0.25, -0.2) is 8.42 Å². The van der Waals surface area contributed by atoms with E-state index < -0.39 is 21.6 Å². The number of carbonyl (C=O) groups is 1. The van der Waals surface area contributed by atoms with E-state index in [9.17, 15) is 18.3 Å². The van der Waals surface area contributed by atoms with Crippen molar-refractivity contribution in [2.24, 2.45) is 0 Å². The van der Waals surface area contributed by atoms with Crippen LogP contribution in [0.15, 0.2) is 0 Å². The summed E-state index contributed by atoms with van der Waals surface area (Å²) < 4.78 is 24.3. The SMILES string of the molecule is CCC(C)(CO)NC(=O)C1CCCN1S(C)(=O)=O. The van der Waals surface area contributed by atoms with Gasteiger partial charge in [-0.3, -0.25) is 4.79 Å². The number of aliphatic hydroxyl groups excluding tert-OH is 1. The third-order valence-electron chi connectivity index (χ3n) is 3.49. The highest BCUT2D eigenvalue weighted by atomic mass is 32.2. The Kier molecular flexibility index (Phi) is 4.74. The number of nitrogens with one attached hydrogen (secondary N) is 1. The first-order valence-electron chi connectivity index (χ1n) is 6.13. The van der Waals surface area contributed by atoms with Crippen LogP contribution in [0.3, 0.4) is 0 Å². The molecular formula is C11H22N2O4S. The lowest BCUT2D eigenvalue weighted by Gasteiger charge is -2.30. The zero-order valence-corrected chi connectivity index (χ0v) is 12.0. The van der Waals surface area contributed by atoms with Crippen LogP contribution in [-0.4, -0.2) is 54.7 Å². The molecule has 1 rings (SSSR count). The number of hydrogen-bond donors (Lipinski definition) is 2. The quantitative estimate of drug-likeness (QED) is 0.722. The van der Waals surface area contributed by atoms with Gasteiger partial charge >= 0.3 is 0 Å². The summed E-state index contributed by atoms with van der Waals surface area (Å²) >= 11 is 0. The minimum absolute atomic E-state index is 0.166. The summed E-state index contributed by atoms with van der Waals surface area (Å²) in [5.74, 6) is -0.323. The molecule has 1 heterocycles. The van der Waals surface area contributed by atoms with Gasteiger partial charge in [0.05, 0.1) is 18.4 Å². The van der Waals surface area contributed by atoms with Gasteiger partial charge in [0.1, 0.15) is 6.04 Å². The van der Waals surface area contributed by atoms with Crippen LogP contribution in [0, 0.1) is 0 Å². The Morgan fingerprint density at radius 2 is 2.17 bits per heavy atom. The molecule has 0 spiro atoms. The van der Waals surface area contributed by atoms with Crippen molar-refractivity contribution in [2.45, 2.75) is 44.7 Å². The lowest BCUT2D eigenvalue weighted by molar-refractivity contribution is -0.126. The predicted molar refractivity (Wildman–Crippen MR) is 68.5 cm³/mol. The van der Waals surface area contributed by atoms with E-state index >= 15 is 0 Å². The summed E-state index contributed by atoms with van der Waals surface area (Å²) in [4.78, 5) is 12.1. The monoisotopic (exact) mass is 278 g/mol. The first kappa shape index (κ1) is 15.4. The van der Waals surface area contributed by atoms with E-state index in [1.165, 1.54) is 4.31 Å². The largest absolute Gasteiger partial charge is 0.394 e. The molecule has 6 nitrogen and oxygen atoms in total. The van der Waals surface area contributed by atoms with Gasteiger partial charge in [0.2, 0.25) is 15.9 Å². The number of amides is 1. The Morgan fingerprint density at radius 1 is 1.56 bits per heavy atom. The van der Waals surface area contributed by atoms with Crippen molar-refractivity contribution >= 4 is 15.9 Å². The fourth-order valence-electron chi connectivity index (χ4n) is 2.02. The second kappa shape index (κ2) is 5.54. The lowest BCUT2D eigenvalue weighted by atomic mass is 9.99. The van der Waals surface area contributed by atoms with Crippen LogP contribution < -0.4 is 5.32 Å². The fraction of sp³-hybridized carbons (Fsp3) is 0.909. The van der Waals surface area contributed by atoms with Gasteiger partial charge in [-0.15, -0.1) is 0 Å². The molecule has 1 amide bonds. The molecule has 0 saturated carbocycles. The molecule has 1 fully saturated rings. The molecule has 2 atom stereocenters. The predicted octanol–water partition coefficient (Wildman–Crippen LogP) is -0.312. The maximum absolute atomic E-state index is 12.1. The lowest BCUT2D eigenvalue weighted by Crippen LogP contribution is -2.54. The van der Waals surface area contributed by atoms with E-state index in [0.29, 0.717) is 25.8 Å². The van der Waals surface area contributed by atoms with E-state index in [2.05, 4.69) is 5.32 Å². The maximum atomic E-state index is 12.1. The third-order valence-corrected chi connectivity index (χ3v) is 4.78. The van der Waals surface area contributed by atoms with Gasteiger partial charge in [0, 0.05) is 6.54 Å². The molecule has 106 valence electrons. The average Bonchev–Trinajstić information content (AvgIpc) is 2.77. The molecule has 0 aromatic carbocycles. The Bertz CT molecular complexity index is 403. The Morgan fingerprint density at radius 3 is 2.61 bits per heavy atom. The van der Waals surface area contributed by atoms with Crippen LogP contribution in [-0.2, 0) is 14.8 Å². The van der Waals surface area contributed by atoms with Crippen LogP contribution >= 0.6 is 0 Å². The molecule has 1 aliphatic rings. The summed E-state index contributed by atoms with van der Waals surface area (Å²) in [7, 11) is -3.36. The summed E-state index contributed by atoms with van der Waals surface area (Å²) in [6.45, 7) is 3.82. The highest BCUT2D eigenvalue weighted by Crippen LogP contribution is 2.21. The minimum atomic E-state index is -3.36. The van der Waals surface area contributed by atoms with Crippen LogP contribution in [0.4, 0.5) is 0 Å². The van der Waals surface area contributed by atoms with Crippen molar-refractivity contribution in [1.82, 2.24) is 9.62 Å². The molecule has 0 bridgehead atoms. The summed E-state index contributed by atoms with van der Waals surface area (Å²) in [5.41, 5.74) is -0.692. The number of nitrogens with zero attached hydrogens (tertiary/aromatic N) is 1. The first-order chi connectivity index (χ1) is 8.23. The molecule has 0 radical (unpaired) electrons. The molecular weight excluding hydrogens is 256 g/mol. The molecule has 7 heteroatoms. The smallest absolute Gasteiger partial charge is 0.238 e. The normalized spacial score (nSPS) is 24.8. The van der Waals surface area contributed by atoms with Gasteiger partial charge in [-0.05, 0) is 26.2 Å². The zero-order valence-electron chi connectivity index (χ0n) is 11.1. The molecule has 2 unspecified atom stereocenters. The Hall–Kier alpha value is -0.660. The molecule has 0 aliphatic carbocycles. The number of rotatable bonds is 5. The van der Waals surface area contributed by atoms with Crippen molar-refractivity contribution in [3.8, 4) is 0 Å². The van der Waals surface area contributed by atoms with Gasteiger partial charge in [0.15, 0.2) is 0 Å².